The van der Waals surface area contributed by atoms with Crippen molar-refractivity contribution >= 4 is 54.1 Å². The van der Waals surface area contributed by atoms with E-state index >= 15 is 0 Å². The fourth-order valence-electron chi connectivity index (χ4n) is 6.38. The molecule has 1 saturated carbocycles. The van der Waals surface area contributed by atoms with Crippen molar-refractivity contribution in [1.82, 2.24) is 0 Å². The Kier molecular flexibility index (Phi) is 15.5. The number of allylic oxidation sites excluding steroid dienone is 2. The molecule has 6 rings (SSSR count). The van der Waals surface area contributed by atoms with Crippen LogP contribution >= 0.6 is 35.8 Å². The Morgan fingerprint density at radius 2 is 1.51 bits per heavy atom. The first-order chi connectivity index (χ1) is 20.5. The number of fused-ring (bicyclic) bond motifs is 3. The molecule has 2 aliphatic carbocycles. The number of hydrogen-bond donors (Lipinski definition) is 1. The van der Waals surface area contributed by atoms with E-state index in [1.54, 1.807) is 12.1 Å². The van der Waals surface area contributed by atoms with Crippen LogP contribution in [0.2, 0.25) is 10.0 Å². The molecule has 2 heterocycles. The molecule has 45 heavy (non-hydrogen) atoms. The van der Waals surface area contributed by atoms with Gasteiger partial charge in [0.15, 0.2) is 0 Å². The number of ether oxygens (including phenoxy) is 1. The summed E-state index contributed by atoms with van der Waals surface area (Å²) in [5.41, 5.74) is 5.18. The van der Waals surface area contributed by atoms with Crippen molar-refractivity contribution in [2.75, 3.05) is 4.90 Å². The van der Waals surface area contributed by atoms with Crippen LogP contribution in [0.5, 0.6) is 0 Å². The molecule has 0 amide bonds. The molecule has 0 aromatic heterocycles. The first-order valence-corrected chi connectivity index (χ1v) is 17.6. The quantitative estimate of drug-likeness (QED) is 0.141. The summed E-state index contributed by atoms with van der Waals surface area (Å²) in [4.78, 5) is 3.78. The molecule has 0 N–H and O–H groups in total. The summed E-state index contributed by atoms with van der Waals surface area (Å²) in [5, 5.41) is 1.06. The maximum atomic E-state index is 5.68. The summed E-state index contributed by atoms with van der Waals surface area (Å²) in [7, 11) is 0. The van der Waals surface area contributed by atoms with E-state index in [4.69, 9.17) is 40.6 Å². The molecule has 2 aromatic carbocycles. The molecule has 3 fully saturated rings. The van der Waals surface area contributed by atoms with Crippen LogP contribution < -0.4 is 4.90 Å². The Balaban J connectivity index is 0.000000268. The number of anilines is 1. The standard InChI is InChI=1S/C22H34N.C10H15O.C6H4Cl2S2.Ru/c1-15(2)18-9-8-10-19(16(3)4)20(18)23-14-21(6)11-12-22(23,7)13-17(21)5;1-8(2)11-10-7-5-4-6-9(10)3;7-3-1-2-4(8)6(10)5(3)9;/h8-10,14-17H,11-13H2,1-7H3;4-10H,3H2,1-2H3;1-2,9-10H;/q2*-1;;+4/p-1/t17-,21-,22-;;;/m0.../s1. The van der Waals surface area contributed by atoms with Crippen LogP contribution in [0.4, 0.5) is 5.69 Å². The monoisotopic (exact) mass is 774 g/mol. The van der Waals surface area contributed by atoms with Gasteiger partial charge in [0.1, 0.15) is 0 Å². The molecule has 7 heteroatoms. The Morgan fingerprint density at radius 1 is 0.956 bits per heavy atom. The average Bonchev–Trinajstić information content (AvgIpc) is 2.96. The van der Waals surface area contributed by atoms with Crippen molar-refractivity contribution in [1.29, 1.82) is 0 Å². The van der Waals surface area contributed by atoms with E-state index in [1.165, 1.54) is 36.1 Å². The van der Waals surface area contributed by atoms with E-state index in [2.05, 4.69) is 110 Å². The normalized spacial score (nSPS) is 26.8. The topological polar surface area (TPSA) is 12.5 Å². The fraction of sp³-hybridized carbons (Fsp3) is 0.526. The van der Waals surface area contributed by atoms with Crippen molar-refractivity contribution in [3.63, 3.8) is 0 Å². The minimum atomic E-state index is 0. The van der Waals surface area contributed by atoms with E-state index in [0.717, 1.165) is 5.92 Å². The number of thiol groups is 1. The molecule has 4 aliphatic rings. The molecular formula is C38H52Cl2NORuS2+. The Hall–Kier alpha value is -0.547. The molecule has 2 aromatic rings. The molecule has 2 nitrogen and oxygen atoms in total. The third-order valence-electron chi connectivity index (χ3n) is 9.32. The number of piperidine rings is 2. The van der Waals surface area contributed by atoms with Crippen LogP contribution in [-0.2, 0) is 36.8 Å². The van der Waals surface area contributed by atoms with Gasteiger partial charge in [-0.2, -0.15) is 0 Å². The van der Waals surface area contributed by atoms with Crippen molar-refractivity contribution in [3.05, 3.63) is 89.3 Å². The predicted molar refractivity (Wildman–Crippen MR) is 197 cm³/mol. The Bertz CT molecular complexity index is 1280. The zero-order valence-corrected chi connectivity index (χ0v) is 33.3. The zero-order valence-electron chi connectivity index (χ0n) is 28.4. The number of para-hydroxylation sites is 1. The SMILES string of the molecule is CC(C)c1cccc(C(C)C)c1N1[CH-][C@]2(C)CC[C@@]1(C)C[C@@H]2C.[CH2-]C1C=CC=CC1OC(C)C.[Ru+4].[S-]c1c(Cl)ccc(Cl)c1S. The third-order valence-corrected chi connectivity index (χ3v) is 11.2. The van der Waals surface area contributed by atoms with Crippen LogP contribution in [0.3, 0.4) is 0 Å². The number of nitrogens with zero attached hydrogens (tertiary/aromatic N) is 1. The van der Waals surface area contributed by atoms with Crippen molar-refractivity contribution in [2.24, 2.45) is 17.3 Å². The number of halogens is 2. The summed E-state index contributed by atoms with van der Waals surface area (Å²) >= 11 is 20.3. The van der Waals surface area contributed by atoms with E-state index in [-0.39, 0.29) is 43.1 Å². The number of rotatable bonds is 5. The van der Waals surface area contributed by atoms with Gasteiger partial charge in [0.25, 0.3) is 0 Å². The Labute approximate surface area is 308 Å². The van der Waals surface area contributed by atoms with Crippen LogP contribution in [-0.4, -0.2) is 17.7 Å². The molecular weight excluding hydrogens is 723 g/mol. The van der Waals surface area contributed by atoms with Gasteiger partial charge in [0.2, 0.25) is 0 Å². The maximum absolute atomic E-state index is 5.68. The number of benzene rings is 2. The van der Waals surface area contributed by atoms with E-state index < -0.39 is 0 Å². The Morgan fingerprint density at radius 3 is 2.00 bits per heavy atom. The van der Waals surface area contributed by atoms with Gasteiger partial charge in [-0.05, 0) is 68.7 Å². The summed E-state index contributed by atoms with van der Waals surface area (Å²) in [5.74, 6) is 2.17. The molecule has 5 atom stereocenters. The van der Waals surface area contributed by atoms with Gasteiger partial charge >= 0.3 is 19.5 Å². The smallest absolute Gasteiger partial charge is 0.777 e. The van der Waals surface area contributed by atoms with Gasteiger partial charge in [-0.1, -0.05) is 114 Å². The van der Waals surface area contributed by atoms with Gasteiger partial charge in [0.05, 0.1) is 17.2 Å². The van der Waals surface area contributed by atoms with Crippen LogP contribution in [0, 0.1) is 30.7 Å². The second-order valence-corrected chi connectivity index (χ2v) is 15.7. The summed E-state index contributed by atoms with van der Waals surface area (Å²) in [6.45, 7) is 27.4. The summed E-state index contributed by atoms with van der Waals surface area (Å²) in [6, 6.07) is 10.3. The van der Waals surface area contributed by atoms with Crippen LogP contribution in [0.1, 0.15) is 105 Å². The van der Waals surface area contributed by atoms with Crippen LogP contribution in [0.25, 0.3) is 0 Å². The molecule has 0 spiro atoms. The summed E-state index contributed by atoms with van der Waals surface area (Å²) < 4.78 is 5.60. The minimum Gasteiger partial charge on any atom is -0.777 e. The first-order valence-electron chi connectivity index (χ1n) is 16.0. The predicted octanol–water partition coefficient (Wildman–Crippen LogP) is 12.0. The largest absolute Gasteiger partial charge is 4.00 e. The van der Waals surface area contributed by atoms with E-state index in [1.807, 2.05) is 26.0 Å². The van der Waals surface area contributed by atoms with Crippen molar-refractivity contribution in [2.45, 2.75) is 121 Å². The second-order valence-electron chi connectivity index (χ2n) is 14.0. The first kappa shape index (κ1) is 40.6. The van der Waals surface area contributed by atoms with Crippen molar-refractivity contribution in [3.8, 4) is 0 Å². The average molecular weight is 775 g/mol. The molecule has 2 aliphatic heterocycles. The van der Waals surface area contributed by atoms with Gasteiger partial charge < -0.3 is 29.2 Å². The third kappa shape index (κ3) is 9.99. The molecule has 2 unspecified atom stereocenters. The molecule has 2 saturated heterocycles. The van der Waals surface area contributed by atoms with Gasteiger partial charge in [0, 0.05) is 21.1 Å². The molecule has 2 bridgehead atoms. The van der Waals surface area contributed by atoms with Gasteiger partial charge in [-0.15, -0.1) is 34.9 Å². The summed E-state index contributed by atoms with van der Waals surface area (Å²) in [6.07, 6.45) is 12.5. The van der Waals surface area contributed by atoms with Crippen molar-refractivity contribution < 1.29 is 24.2 Å². The van der Waals surface area contributed by atoms with Gasteiger partial charge in [-0.3, -0.25) is 0 Å². The second kappa shape index (κ2) is 17.2. The van der Waals surface area contributed by atoms with E-state index in [0.29, 0.717) is 37.1 Å². The fourth-order valence-corrected chi connectivity index (χ4v) is 7.19. The van der Waals surface area contributed by atoms with Gasteiger partial charge in [-0.25, -0.2) is 6.54 Å². The minimum absolute atomic E-state index is 0. The van der Waals surface area contributed by atoms with E-state index in [9.17, 15) is 0 Å². The maximum Gasteiger partial charge on any atom is 4.00 e. The zero-order chi connectivity index (χ0) is 33.0. The molecule has 248 valence electrons. The van der Waals surface area contributed by atoms with Crippen LogP contribution in [0.15, 0.2) is 64.4 Å². The number of hydrogen-bond acceptors (Lipinski definition) is 4. The molecule has 0 radical (unpaired) electrons.